The van der Waals surface area contributed by atoms with Crippen molar-refractivity contribution in [2.75, 3.05) is 7.11 Å². The first-order chi connectivity index (χ1) is 4.48. The topological polar surface area (TPSA) is 9.23 Å². The highest BCUT2D eigenvalue weighted by Gasteiger charge is 2.18. The Kier molecular flexibility index (Phi) is 7.22. The Hall–Kier alpha value is -0.0400. The van der Waals surface area contributed by atoms with Crippen LogP contribution in [0.1, 0.15) is 41.5 Å². The quantitative estimate of drug-likeness (QED) is 0.552. The summed E-state index contributed by atoms with van der Waals surface area (Å²) in [5, 5.41) is 0. The number of hydrogen-bond donors (Lipinski definition) is 0. The van der Waals surface area contributed by atoms with Crippen molar-refractivity contribution >= 4 is 0 Å². The molecule has 0 bridgehead atoms. The summed E-state index contributed by atoms with van der Waals surface area (Å²) in [6.45, 7) is 12.6. The summed E-state index contributed by atoms with van der Waals surface area (Å²) in [6.07, 6.45) is 0.350. The van der Waals surface area contributed by atoms with Gasteiger partial charge in [-0.15, -0.1) is 0 Å². The Morgan fingerprint density at radius 2 is 1.40 bits per heavy atom. The maximum absolute atomic E-state index is 5.11. The molecule has 0 rings (SSSR count). The summed E-state index contributed by atoms with van der Waals surface area (Å²) >= 11 is 0. The average molecular weight is 146 g/mol. The maximum atomic E-state index is 5.11. The molecular formula is C9H22O. The van der Waals surface area contributed by atoms with E-state index >= 15 is 0 Å². The van der Waals surface area contributed by atoms with Crippen LogP contribution in [0, 0.1) is 5.41 Å². The van der Waals surface area contributed by atoms with Gasteiger partial charge in [-0.25, -0.2) is 0 Å². The standard InChI is InChI=1S/C7H16O.C2H6/c1-6(8-5)7(2,3)4;1-2/h6H,1-5H3;1-2H3/t6-;/m1./s1. The lowest BCUT2D eigenvalue weighted by Gasteiger charge is -2.25. The van der Waals surface area contributed by atoms with Gasteiger partial charge in [0, 0.05) is 7.11 Å². The minimum Gasteiger partial charge on any atom is -0.381 e. The molecule has 0 aliphatic rings. The molecular weight excluding hydrogens is 124 g/mol. The van der Waals surface area contributed by atoms with Gasteiger partial charge in [-0.05, 0) is 12.3 Å². The van der Waals surface area contributed by atoms with E-state index < -0.39 is 0 Å². The molecule has 0 unspecified atom stereocenters. The first-order valence-corrected chi connectivity index (χ1v) is 4.01. The van der Waals surface area contributed by atoms with Crippen LogP contribution >= 0.6 is 0 Å². The van der Waals surface area contributed by atoms with Gasteiger partial charge in [0.25, 0.3) is 0 Å². The summed E-state index contributed by atoms with van der Waals surface area (Å²) in [7, 11) is 1.75. The second kappa shape index (κ2) is 5.72. The van der Waals surface area contributed by atoms with Crippen LogP contribution in [-0.2, 0) is 4.74 Å². The van der Waals surface area contributed by atoms with Crippen LogP contribution in [0.25, 0.3) is 0 Å². The van der Waals surface area contributed by atoms with Crippen LogP contribution in [0.3, 0.4) is 0 Å². The van der Waals surface area contributed by atoms with Crippen molar-refractivity contribution in [2.45, 2.75) is 47.6 Å². The predicted octanol–water partition coefficient (Wildman–Crippen LogP) is 3.09. The van der Waals surface area contributed by atoms with E-state index in [1.165, 1.54) is 0 Å². The van der Waals surface area contributed by atoms with Crippen LogP contribution in [0.2, 0.25) is 0 Å². The van der Waals surface area contributed by atoms with Gasteiger partial charge in [0.15, 0.2) is 0 Å². The molecule has 0 N–H and O–H groups in total. The van der Waals surface area contributed by atoms with E-state index in [4.69, 9.17) is 4.74 Å². The van der Waals surface area contributed by atoms with Crippen LogP contribution in [0.15, 0.2) is 0 Å². The van der Waals surface area contributed by atoms with Crippen molar-refractivity contribution in [3.8, 4) is 0 Å². The molecule has 0 aromatic rings. The van der Waals surface area contributed by atoms with E-state index in [1.807, 2.05) is 13.8 Å². The number of methoxy groups -OCH3 is 1. The largest absolute Gasteiger partial charge is 0.381 e. The van der Waals surface area contributed by atoms with E-state index in [1.54, 1.807) is 7.11 Å². The third-order valence-electron chi connectivity index (χ3n) is 1.57. The monoisotopic (exact) mass is 146 g/mol. The summed E-state index contributed by atoms with van der Waals surface area (Å²) in [5.41, 5.74) is 0.286. The molecule has 0 spiro atoms. The molecule has 0 aromatic heterocycles. The summed E-state index contributed by atoms with van der Waals surface area (Å²) in [6, 6.07) is 0. The molecule has 64 valence electrons. The molecule has 0 radical (unpaired) electrons. The Labute approximate surface area is 65.8 Å². The molecule has 0 aliphatic carbocycles. The highest BCUT2D eigenvalue weighted by atomic mass is 16.5. The number of hydrogen-bond acceptors (Lipinski definition) is 1. The van der Waals surface area contributed by atoms with Crippen LogP contribution < -0.4 is 0 Å². The van der Waals surface area contributed by atoms with Crippen molar-refractivity contribution in [2.24, 2.45) is 5.41 Å². The summed E-state index contributed by atoms with van der Waals surface area (Å²) in [4.78, 5) is 0. The molecule has 0 saturated heterocycles. The Bertz CT molecular complexity index is 61.6. The molecule has 0 fully saturated rings. The molecule has 0 amide bonds. The zero-order valence-electron chi connectivity index (χ0n) is 8.49. The van der Waals surface area contributed by atoms with E-state index in [9.17, 15) is 0 Å². The molecule has 0 aromatic carbocycles. The van der Waals surface area contributed by atoms with Gasteiger partial charge in [-0.2, -0.15) is 0 Å². The van der Waals surface area contributed by atoms with E-state index in [2.05, 4.69) is 27.7 Å². The Morgan fingerprint density at radius 1 is 1.10 bits per heavy atom. The van der Waals surface area contributed by atoms with Crippen molar-refractivity contribution in [1.29, 1.82) is 0 Å². The van der Waals surface area contributed by atoms with Gasteiger partial charge in [-0.3, -0.25) is 0 Å². The fourth-order valence-electron chi connectivity index (χ4n) is 0.354. The highest BCUT2D eigenvalue weighted by molar-refractivity contribution is 4.68. The Balaban J connectivity index is 0. The third-order valence-corrected chi connectivity index (χ3v) is 1.57. The fraction of sp³-hybridized carbons (Fsp3) is 1.00. The lowest BCUT2D eigenvalue weighted by Crippen LogP contribution is -2.24. The molecule has 10 heavy (non-hydrogen) atoms. The summed E-state index contributed by atoms with van der Waals surface area (Å²) < 4.78 is 5.11. The molecule has 1 atom stereocenters. The van der Waals surface area contributed by atoms with Gasteiger partial charge in [0.2, 0.25) is 0 Å². The van der Waals surface area contributed by atoms with Crippen LogP contribution in [-0.4, -0.2) is 13.2 Å². The van der Waals surface area contributed by atoms with Crippen molar-refractivity contribution in [3.05, 3.63) is 0 Å². The molecule has 0 heterocycles. The maximum Gasteiger partial charge on any atom is 0.0591 e. The minimum atomic E-state index is 0.286. The lowest BCUT2D eigenvalue weighted by molar-refractivity contribution is 0.0314. The number of rotatable bonds is 1. The molecule has 0 aliphatic heterocycles. The zero-order valence-corrected chi connectivity index (χ0v) is 8.49. The van der Waals surface area contributed by atoms with E-state index in [-0.39, 0.29) is 5.41 Å². The molecule has 1 nitrogen and oxygen atoms in total. The van der Waals surface area contributed by atoms with E-state index in [0.29, 0.717) is 6.10 Å². The van der Waals surface area contributed by atoms with Gasteiger partial charge in [0.05, 0.1) is 6.10 Å². The molecule has 0 saturated carbocycles. The van der Waals surface area contributed by atoms with Gasteiger partial charge in [0.1, 0.15) is 0 Å². The first-order valence-electron chi connectivity index (χ1n) is 4.01. The van der Waals surface area contributed by atoms with Gasteiger partial charge >= 0.3 is 0 Å². The van der Waals surface area contributed by atoms with Crippen LogP contribution in [0.4, 0.5) is 0 Å². The van der Waals surface area contributed by atoms with Crippen molar-refractivity contribution in [3.63, 3.8) is 0 Å². The van der Waals surface area contributed by atoms with Gasteiger partial charge < -0.3 is 4.74 Å². The smallest absolute Gasteiger partial charge is 0.0591 e. The zero-order chi connectivity index (χ0) is 8.78. The second-order valence-electron chi connectivity index (χ2n) is 3.24. The second-order valence-corrected chi connectivity index (χ2v) is 3.24. The molecule has 1 heteroatoms. The minimum absolute atomic E-state index is 0.286. The lowest BCUT2D eigenvalue weighted by atomic mass is 9.90. The Morgan fingerprint density at radius 3 is 1.40 bits per heavy atom. The third kappa shape index (κ3) is 6.09. The predicted molar refractivity (Wildman–Crippen MR) is 47.3 cm³/mol. The van der Waals surface area contributed by atoms with Crippen molar-refractivity contribution in [1.82, 2.24) is 0 Å². The van der Waals surface area contributed by atoms with E-state index in [0.717, 1.165) is 0 Å². The first kappa shape index (κ1) is 12.6. The SMILES string of the molecule is CC.CO[C@H](C)C(C)(C)C. The highest BCUT2D eigenvalue weighted by Crippen LogP contribution is 2.20. The van der Waals surface area contributed by atoms with Crippen molar-refractivity contribution < 1.29 is 4.74 Å². The van der Waals surface area contributed by atoms with Gasteiger partial charge in [-0.1, -0.05) is 34.6 Å². The normalized spacial score (nSPS) is 13.5. The summed E-state index contributed by atoms with van der Waals surface area (Å²) in [5.74, 6) is 0. The average Bonchev–Trinajstić information content (AvgIpc) is 1.89. The van der Waals surface area contributed by atoms with Crippen LogP contribution in [0.5, 0.6) is 0 Å². The number of ether oxygens (including phenoxy) is 1. The fourth-order valence-corrected chi connectivity index (χ4v) is 0.354.